The van der Waals surface area contributed by atoms with E-state index in [1.54, 1.807) is 19.3 Å². The van der Waals surface area contributed by atoms with Crippen molar-refractivity contribution in [3.05, 3.63) is 11.2 Å². The van der Waals surface area contributed by atoms with Gasteiger partial charge in [0.05, 0.1) is 12.4 Å². The highest BCUT2D eigenvalue weighted by molar-refractivity contribution is 8.02. The Morgan fingerprint density at radius 1 is 1.35 bits per heavy atom. The van der Waals surface area contributed by atoms with E-state index in [1.165, 1.54) is 26.0 Å². The number of carbonyl (C=O) groups is 1. The summed E-state index contributed by atoms with van der Waals surface area (Å²) in [5.41, 5.74) is 0. The summed E-state index contributed by atoms with van der Waals surface area (Å²) in [7, 11) is -1.06. The van der Waals surface area contributed by atoms with Crippen molar-refractivity contribution in [2.75, 3.05) is 26.6 Å². The van der Waals surface area contributed by atoms with Gasteiger partial charge in [-0.2, -0.15) is 0 Å². The lowest BCUT2D eigenvalue weighted by atomic mass is 10.7. The Bertz CT molecular complexity index is 309. The molecule has 0 aromatic carbocycles. The average Bonchev–Trinajstić information content (AvgIpc) is 2.29. The number of ether oxygens (including phenoxy) is 1. The van der Waals surface area contributed by atoms with Crippen molar-refractivity contribution in [2.45, 2.75) is 13.8 Å². The van der Waals surface area contributed by atoms with Gasteiger partial charge in [0, 0.05) is 19.6 Å². The van der Waals surface area contributed by atoms with E-state index in [2.05, 4.69) is 9.05 Å². The number of hydrogen-bond donors (Lipinski definition) is 0. The molecule has 0 amide bonds. The molecule has 6 nitrogen and oxygen atoms in total. The SMILES string of the molecule is CCOC(=O)CS/C=C(\C)OP(=O)(OC)OC. The lowest BCUT2D eigenvalue weighted by Crippen LogP contribution is -2.05. The van der Waals surface area contributed by atoms with Crippen LogP contribution >= 0.6 is 19.6 Å². The second kappa shape index (κ2) is 8.58. The van der Waals surface area contributed by atoms with E-state index in [1.807, 2.05) is 0 Å². The third-order valence-electron chi connectivity index (χ3n) is 1.46. The molecule has 0 atom stereocenters. The van der Waals surface area contributed by atoms with Crippen LogP contribution in [0.4, 0.5) is 0 Å². The summed E-state index contributed by atoms with van der Waals surface area (Å²) >= 11 is 1.18. The lowest BCUT2D eigenvalue weighted by Gasteiger charge is -2.14. The molecule has 0 aromatic heterocycles. The van der Waals surface area contributed by atoms with Gasteiger partial charge >= 0.3 is 13.8 Å². The number of allylic oxidation sites excluding steroid dienone is 1. The van der Waals surface area contributed by atoms with E-state index in [0.717, 1.165) is 0 Å². The van der Waals surface area contributed by atoms with Gasteiger partial charge in [0.25, 0.3) is 0 Å². The summed E-state index contributed by atoms with van der Waals surface area (Å²) in [6.45, 7) is 3.67. The van der Waals surface area contributed by atoms with Crippen LogP contribution in [0.1, 0.15) is 13.8 Å². The van der Waals surface area contributed by atoms with Crippen LogP contribution in [0.25, 0.3) is 0 Å². The van der Waals surface area contributed by atoms with Crippen molar-refractivity contribution in [3.63, 3.8) is 0 Å². The summed E-state index contributed by atoms with van der Waals surface area (Å²) in [6.07, 6.45) is 0. The highest BCUT2D eigenvalue weighted by Gasteiger charge is 2.24. The fourth-order valence-corrected chi connectivity index (χ4v) is 2.14. The van der Waals surface area contributed by atoms with Crippen LogP contribution in [0.15, 0.2) is 11.2 Å². The first-order valence-corrected chi connectivity index (χ1v) is 7.33. The monoisotopic (exact) mass is 284 g/mol. The Labute approximate surface area is 105 Å². The number of thioether (sulfide) groups is 1. The van der Waals surface area contributed by atoms with E-state index in [0.29, 0.717) is 12.4 Å². The van der Waals surface area contributed by atoms with E-state index < -0.39 is 7.82 Å². The van der Waals surface area contributed by atoms with Gasteiger partial charge in [-0.25, -0.2) is 4.57 Å². The summed E-state index contributed by atoms with van der Waals surface area (Å²) in [5.74, 6) is 0.188. The molecule has 0 aliphatic rings. The third kappa shape index (κ3) is 7.44. The number of carbonyl (C=O) groups excluding carboxylic acids is 1. The molecule has 0 fully saturated rings. The molecular weight excluding hydrogens is 267 g/mol. The molecule has 0 rings (SSSR count). The molecular formula is C9H17O6PS. The fraction of sp³-hybridized carbons (Fsp3) is 0.667. The number of hydrogen-bond acceptors (Lipinski definition) is 7. The second-order valence-corrected chi connectivity index (χ2v) is 5.41. The molecule has 0 bridgehead atoms. The molecule has 0 aliphatic carbocycles. The van der Waals surface area contributed by atoms with Crippen LogP contribution < -0.4 is 0 Å². The quantitative estimate of drug-likeness (QED) is 0.385. The van der Waals surface area contributed by atoms with E-state index in [9.17, 15) is 9.36 Å². The Kier molecular flexibility index (Phi) is 8.33. The Morgan fingerprint density at radius 3 is 2.41 bits per heavy atom. The first-order valence-electron chi connectivity index (χ1n) is 4.82. The van der Waals surface area contributed by atoms with Crippen molar-refractivity contribution in [3.8, 4) is 0 Å². The Balaban J connectivity index is 4.10. The maximum atomic E-state index is 11.6. The zero-order valence-electron chi connectivity index (χ0n) is 10.3. The maximum Gasteiger partial charge on any atom is 0.529 e. The van der Waals surface area contributed by atoms with Crippen molar-refractivity contribution in [2.24, 2.45) is 0 Å². The van der Waals surface area contributed by atoms with Crippen molar-refractivity contribution < 1.29 is 27.7 Å². The van der Waals surface area contributed by atoms with Gasteiger partial charge in [-0.05, 0) is 13.8 Å². The average molecular weight is 284 g/mol. The Hall–Kier alpha value is -0.490. The van der Waals surface area contributed by atoms with Crippen molar-refractivity contribution in [1.82, 2.24) is 0 Å². The predicted octanol–water partition coefficient (Wildman–Crippen LogP) is 2.56. The first-order chi connectivity index (χ1) is 7.97. The molecule has 0 heterocycles. The molecule has 0 saturated carbocycles. The lowest BCUT2D eigenvalue weighted by molar-refractivity contribution is -0.139. The highest BCUT2D eigenvalue weighted by atomic mass is 32.2. The van der Waals surface area contributed by atoms with E-state index >= 15 is 0 Å². The predicted molar refractivity (Wildman–Crippen MR) is 65.6 cm³/mol. The summed E-state index contributed by atoms with van der Waals surface area (Å²) in [5, 5.41) is 1.54. The third-order valence-corrected chi connectivity index (χ3v) is 3.77. The number of phosphoric acid groups is 1. The minimum atomic E-state index is -3.51. The molecule has 17 heavy (non-hydrogen) atoms. The number of esters is 1. The molecule has 100 valence electrons. The maximum absolute atomic E-state index is 11.6. The number of phosphoric ester groups is 1. The molecule has 0 spiro atoms. The summed E-state index contributed by atoms with van der Waals surface area (Å²) in [6, 6.07) is 0. The van der Waals surface area contributed by atoms with Gasteiger partial charge in [0.2, 0.25) is 0 Å². The molecule has 0 radical (unpaired) electrons. The summed E-state index contributed by atoms with van der Waals surface area (Å²) in [4.78, 5) is 11.0. The van der Waals surface area contributed by atoms with Gasteiger partial charge in [-0.15, -0.1) is 11.8 Å². The van der Waals surface area contributed by atoms with E-state index in [4.69, 9.17) is 9.26 Å². The van der Waals surface area contributed by atoms with Crippen molar-refractivity contribution >= 4 is 25.6 Å². The van der Waals surface area contributed by atoms with Crippen LogP contribution in [-0.4, -0.2) is 32.5 Å². The van der Waals surface area contributed by atoms with Gasteiger partial charge in [0.1, 0.15) is 5.76 Å². The Morgan fingerprint density at radius 2 is 1.94 bits per heavy atom. The van der Waals surface area contributed by atoms with Gasteiger partial charge < -0.3 is 9.26 Å². The highest BCUT2D eigenvalue weighted by Crippen LogP contribution is 2.49. The molecule has 0 aliphatic heterocycles. The largest absolute Gasteiger partial charge is 0.529 e. The second-order valence-electron chi connectivity index (χ2n) is 2.75. The standard InChI is InChI=1S/C9H17O6PS/c1-5-14-9(10)7-17-6-8(2)15-16(11,12-3)13-4/h6H,5,7H2,1-4H3/b8-6+. The molecule has 0 aromatic rings. The fourth-order valence-electron chi connectivity index (χ4n) is 0.777. The minimum absolute atomic E-state index is 0.165. The molecule has 8 heteroatoms. The van der Waals surface area contributed by atoms with E-state index in [-0.39, 0.29) is 11.7 Å². The zero-order chi connectivity index (χ0) is 13.3. The van der Waals surface area contributed by atoms with Crippen LogP contribution in [0.2, 0.25) is 0 Å². The topological polar surface area (TPSA) is 71.1 Å². The first kappa shape index (κ1) is 16.5. The molecule has 0 N–H and O–H groups in total. The minimum Gasteiger partial charge on any atom is -0.465 e. The van der Waals surface area contributed by atoms with Crippen molar-refractivity contribution in [1.29, 1.82) is 0 Å². The van der Waals surface area contributed by atoms with Gasteiger partial charge in [-0.3, -0.25) is 13.8 Å². The zero-order valence-corrected chi connectivity index (χ0v) is 12.0. The van der Waals surface area contributed by atoms with Crippen LogP contribution in [-0.2, 0) is 27.7 Å². The number of rotatable bonds is 8. The van der Waals surface area contributed by atoms with Crippen LogP contribution in [0.3, 0.4) is 0 Å². The normalized spacial score (nSPS) is 12.4. The van der Waals surface area contributed by atoms with Crippen LogP contribution in [0.5, 0.6) is 0 Å². The van der Waals surface area contributed by atoms with Gasteiger partial charge in [0.15, 0.2) is 0 Å². The molecule has 0 unspecified atom stereocenters. The van der Waals surface area contributed by atoms with Crippen LogP contribution in [0, 0.1) is 0 Å². The summed E-state index contributed by atoms with van der Waals surface area (Å²) < 4.78 is 30.4. The smallest absolute Gasteiger partial charge is 0.465 e. The molecule has 0 saturated heterocycles. The van der Waals surface area contributed by atoms with Gasteiger partial charge in [-0.1, -0.05) is 0 Å².